The van der Waals surface area contributed by atoms with Gasteiger partial charge in [-0.05, 0) is 31.5 Å². The molecule has 0 spiro atoms. The van der Waals surface area contributed by atoms with Gasteiger partial charge in [-0.2, -0.15) is 0 Å². The largest absolute Gasteiger partial charge is 0.494 e. The zero-order valence-corrected chi connectivity index (χ0v) is 10.9. The number of hydrogen-bond donors (Lipinski definition) is 1. The molecule has 2 N–H and O–H groups in total. The number of nitrogens with zero attached hydrogens (tertiary/aromatic N) is 2. The summed E-state index contributed by atoms with van der Waals surface area (Å²) >= 11 is 0. The van der Waals surface area contributed by atoms with Crippen LogP contribution in [0.3, 0.4) is 0 Å². The fourth-order valence-electron chi connectivity index (χ4n) is 2.13. The van der Waals surface area contributed by atoms with E-state index in [0.29, 0.717) is 0 Å². The van der Waals surface area contributed by atoms with Crippen LogP contribution in [-0.2, 0) is 0 Å². The molecule has 0 atom stereocenters. The van der Waals surface area contributed by atoms with Crippen molar-refractivity contribution in [1.29, 1.82) is 0 Å². The molecule has 1 aromatic rings. The minimum atomic E-state index is 0.806. The van der Waals surface area contributed by atoms with Crippen LogP contribution in [0.15, 0.2) is 30.3 Å². The smallest absolute Gasteiger partial charge is 0.119 e. The normalized spacial score (nSPS) is 17.8. The maximum atomic E-state index is 5.72. The van der Waals surface area contributed by atoms with Crippen molar-refractivity contribution >= 4 is 0 Å². The summed E-state index contributed by atoms with van der Waals surface area (Å²) in [5.74, 6) is 6.69. The van der Waals surface area contributed by atoms with Crippen molar-refractivity contribution < 1.29 is 4.74 Å². The minimum Gasteiger partial charge on any atom is -0.494 e. The molecule has 1 aliphatic rings. The van der Waals surface area contributed by atoms with Crippen LogP contribution in [0.4, 0.5) is 0 Å². The monoisotopic (exact) mass is 249 g/mol. The summed E-state index contributed by atoms with van der Waals surface area (Å²) in [5, 5.41) is 1.90. The predicted molar refractivity (Wildman–Crippen MR) is 73.4 cm³/mol. The molecule has 1 fully saturated rings. The zero-order chi connectivity index (χ0) is 12.6. The Morgan fingerprint density at radius 3 is 2.44 bits per heavy atom. The Labute approximate surface area is 109 Å². The van der Waals surface area contributed by atoms with E-state index in [-0.39, 0.29) is 0 Å². The first-order chi connectivity index (χ1) is 8.84. The van der Waals surface area contributed by atoms with Crippen molar-refractivity contribution in [2.24, 2.45) is 5.84 Å². The molecule has 1 heterocycles. The molecule has 0 saturated carbocycles. The summed E-state index contributed by atoms with van der Waals surface area (Å²) in [5.41, 5.74) is 0. The van der Waals surface area contributed by atoms with Crippen LogP contribution >= 0.6 is 0 Å². The van der Waals surface area contributed by atoms with Gasteiger partial charge in [0.2, 0.25) is 0 Å². The zero-order valence-electron chi connectivity index (χ0n) is 10.9. The quantitative estimate of drug-likeness (QED) is 0.610. The molecular formula is C14H23N3O. The first-order valence-electron chi connectivity index (χ1n) is 6.74. The van der Waals surface area contributed by atoms with Gasteiger partial charge in [0.15, 0.2) is 0 Å². The molecule has 0 radical (unpaired) electrons. The summed E-state index contributed by atoms with van der Waals surface area (Å²) in [6.07, 6.45) is 2.30. The van der Waals surface area contributed by atoms with Crippen molar-refractivity contribution in [3.8, 4) is 5.75 Å². The summed E-state index contributed by atoms with van der Waals surface area (Å²) in [4.78, 5) is 2.48. The van der Waals surface area contributed by atoms with E-state index in [1.807, 2.05) is 35.3 Å². The molecule has 18 heavy (non-hydrogen) atoms. The van der Waals surface area contributed by atoms with Crippen molar-refractivity contribution in [2.45, 2.75) is 12.8 Å². The molecule has 1 aliphatic heterocycles. The average Bonchev–Trinajstić information content (AvgIpc) is 2.42. The maximum absolute atomic E-state index is 5.72. The first kappa shape index (κ1) is 13.3. The molecule has 0 bridgehead atoms. The van der Waals surface area contributed by atoms with Crippen LogP contribution in [0.1, 0.15) is 12.8 Å². The van der Waals surface area contributed by atoms with E-state index in [9.17, 15) is 0 Å². The number of nitrogens with two attached hydrogens (primary N) is 1. The van der Waals surface area contributed by atoms with Crippen molar-refractivity contribution in [2.75, 3.05) is 39.3 Å². The van der Waals surface area contributed by atoms with Gasteiger partial charge in [0.1, 0.15) is 5.75 Å². The number of rotatable bonds is 6. The van der Waals surface area contributed by atoms with E-state index in [1.165, 1.54) is 6.42 Å². The van der Waals surface area contributed by atoms with Crippen molar-refractivity contribution in [1.82, 2.24) is 9.91 Å². The molecular weight excluding hydrogens is 226 g/mol. The van der Waals surface area contributed by atoms with Gasteiger partial charge in [0, 0.05) is 26.2 Å². The lowest BCUT2D eigenvalue weighted by Gasteiger charge is -2.31. The highest BCUT2D eigenvalue weighted by Gasteiger charge is 2.12. The SMILES string of the molecule is NN1CCN(CCCCOc2ccccc2)CC1. The van der Waals surface area contributed by atoms with Gasteiger partial charge in [0.05, 0.1) is 6.61 Å². The van der Waals surface area contributed by atoms with E-state index in [0.717, 1.165) is 51.5 Å². The van der Waals surface area contributed by atoms with Crippen LogP contribution in [0.5, 0.6) is 5.75 Å². The Morgan fingerprint density at radius 2 is 1.72 bits per heavy atom. The lowest BCUT2D eigenvalue weighted by Crippen LogP contribution is -2.49. The molecule has 0 unspecified atom stereocenters. The van der Waals surface area contributed by atoms with E-state index >= 15 is 0 Å². The first-order valence-corrected chi connectivity index (χ1v) is 6.74. The number of piperazine rings is 1. The number of para-hydroxylation sites is 1. The number of unbranched alkanes of at least 4 members (excludes halogenated alkanes) is 1. The highest BCUT2D eigenvalue weighted by atomic mass is 16.5. The van der Waals surface area contributed by atoms with Gasteiger partial charge in [-0.3, -0.25) is 5.84 Å². The van der Waals surface area contributed by atoms with Gasteiger partial charge in [-0.1, -0.05) is 18.2 Å². The predicted octanol–water partition coefficient (Wildman–Crippen LogP) is 1.34. The Hall–Kier alpha value is -1.10. The Morgan fingerprint density at radius 1 is 1.00 bits per heavy atom. The summed E-state index contributed by atoms with van der Waals surface area (Å²) in [7, 11) is 0. The Balaban J connectivity index is 1.51. The van der Waals surface area contributed by atoms with Gasteiger partial charge >= 0.3 is 0 Å². The second-order valence-electron chi connectivity index (χ2n) is 4.75. The number of ether oxygens (including phenoxy) is 1. The van der Waals surface area contributed by atoms with E-state index in [1.54, 1.807) is 0 Å². The number of benzene rings is 1. The fourth-order valence-corrected chi connectivity index (χ4v) is 2.13. The van der Waals surface area contributed by atoms with Crippen LogP contribution in [-0.4, -0.2) is 49.2 Å². The second-order valence-corrected chi connectivity index (χ2v) is 4.75. The standard InChI is InChI=1S/C14H23N3O/c15-17-11-9-16(10-12-17)8-4-5-13-18-14-6-2-1-3-7-14/h1-3,6-7H,4-5,8-13,15H2. The fraction of sp³-hybridized carbons (Fsp3) is 0.571. The van der Waals surface area contributed by atoms with Crippen molar-refractivity contribution in [3.63, 3.8) is 0 Å². The molecule has 0 aliphatic carbocycles. The summed E-state index contributed by atoms with van der Waals surface area (Å²) in [6, 6.07) is 10.0. The molecule has 4 nitrogen and oxygen atoms in total. The third kappa shape index (κ3) is 4.64. The molecule has 2 rings (SSSR count). The highest BCUT2D eigenvalue weighted by Crippen LogP contribution is 2.09. The van der Waals surface area contributed by atoms with Gasteiger partial charge in [0.25, 0.3) is 0 Å². The molecule has 1 saturated heterocycles. The summed E-state index contributed by atoms with van der Waals surface area (Å²) in [6.45, 7) is 6.12. The van der Waals surface area contributed by atoms with Gasteiger partial charge < -0.3 is 9.64 Å². The third-order valence-corrected chi connectivity index (χ3v) is 3.29. The van der Waals surface area contributed by atoms with Gasteiger partial charge in [-0.15, -0.1) is 0 Å². The molecule has 0 aromatic heterocycles. The minimum absolute atomic E-state index is 0.806. The Bertz CT molecular complexity index is 323. The summed E-state index contributed by atoms with van der Waals surface area (Å²) < 4.78 is 5.67. The van der Waals surface area contributed by atoms with Gasteiger partial charge in [-0.25, -0.2) is 5.01 Å². The molecule has 4 heteroatoms. The van der Waals surface area contributed by atoms with E-state index in [4.69, 9.17) is 10.6 Å². The number of hydrogen-bond acceptors (Lipinski definition) is 4. The topological polar surface area (TPSA) is 41.7 Å². The average molecular weight is 249 g/mol. The van der Waals surface area contributed by atoms with E-state index < -0.39 is 0 Å². The molecule has 0 amide bonds. The molecule has 1 aromatic carbocycles. The van der Waals surface area contributed by atoms with Crippen LogP contribution in [0.2, 0.25) is 0 Å². The van der Waals surface area contributed by atoms with Crippen LogP contribution in [0, 0.1) is 0 Å². The Kier molecular flexibility index (Phi) is 5.45. The lowest BCUT2D eigenvalue weighted by molar-refractivity contribution is 0.130. The second kappa shape index (κ2) is 7.36. The van der Waals surface area contributed by atoms with Crippen LogP contribution < -0.4 is 10.6 Å². The number of hydrazine groups is 1. The van der Waals surface area contributed by atoms with Crippen LogP contribution in [0.25, 0.3) is 0 Å². The van der Waals surface area contributed by atoms with Crippen molar-refractivity contribution in [3.05, 3.63) is 30.3 Å². The molecule has 100 valence electrons. The maximum Gasteiger partial charge on any atom is 0.119 e. The highest BCUT2D eigenvalue weighted by molar-refractivity contribution is 5.20. The lowest BCUT2D eigenvalue weighted by atomic mass is 10.2. The third-order valence-electron chi connectivity index (χ3n) is 3.29. The van der Waals surface area contributed by atoms with E-state index in [2.05, 4.69) is 4.90 Å².